The van der Waals surface area contributed by atoms with E-state index in [1.807, 2.05) is 48.3 Å². The summed E-state index contributed by atoms with van der Waals surface area (Å²) in [6.45, 7) is 1.36. The van der Waals surface area contributed by atoms with Crippen LogP contribution in [0.1, 0.15) is 16.8 Å². The molecule has 0 unspecified atom stereocenters. The molecule has 1 N–H and O–H groups in total. The minimum absolute atomic E-state index is 0.0367. The van der Waals surface area contributed by atoms with Gasteiger partial charge in [0.05, 0.1) is 11.8 Å². The third kappa shape index (κ3) is 2.79. The standard InChI is InChI=1S/C15H17N5O/c1-19-11-13(12-5-2-3-6-14(12)19)15(21)16-7-4-9-20-10-8-17-18-20/h2-3,5-6,8,10-11H,4,7,9H2,1H3,(H,16,21). The molecule has 0 fully saturated rings. The molecule has 0 radical (unpaired) electrons. The summed E-state index contributed by atoms with van der Waals surface area (Å²) >= 11 is 0. The van der Waals surface area contributed by atoms with E-state index in [9.17, 15) is 4.79 Å². The van der Waals surface area contributed by atoms with Gasteiger partial charge in [-0.3, -0.25) is 9.48 Å². The highest BCUT2D eigenvalue weighted by Gasteiger charge is 2.12. The molecule has 0 aliphatic heterocycles. The van der Waals surface area contributed by atoms with Gasteiger partial charge >= 0.3 is 0 Å². The molecule has 3 aromatic rings. The highest BCUT2D eigenvalue weighted by Crippen LogP contribution is 2.19. The van der Waals surface area contributed by atoms with Gasteiger partial charge in [-0.1, -0.05) is 23.4 Å². The lowest BCUT2D eigenvalue weighted by molar-refractivity contribution is 0.0954. The molecule has 21 heavy (non-hydrogen) atoms. The van der Waals surface area contributed by atoms with E-state index >= 15 is 0 Å². The molecule has 0 saturated carbocycles. The molecule has 1 aromatic carbocycles. The minimum Gasteiger partial charge on any atom is -0.352 e. The number of aromatic nitrogens is 4. The highest BCUT2D eigenvalue weighted by molar-refractivity contribution is 6.06. The normalized spacial score (nSPS) is 10.9. The van der Waals surface area contributed by atoms with E-state index in [0.29, 0.717) is 12.1 Å². The summed E-state index contributed by atoms with van der Waals surface area (Å²) in [7, 11) is 1.95. The Bertz CT molecular complexity index is 745. The molecular weight excluding hydrogens is 266 g/mol. The average Bonchev–Trinajstić information content (AvgIpc) is 3.12. The summed E-state index contributed by atoms with van der Waals surface area (Å²) in [5, 5.41) is 11.6. The maximum Gasteiger partial charge on any atom is 0.253 e. The molecule has 3 rings (SSSR count). The summed E-state index contributed by atoms with van der Waals surface area (Å²) in [5.41, 5.74) is 1.78. The number of carbonyl (C=O) groups excluding carboxylic acids is 1. The zero-order valence-corrected chi connectivity index (χ0v) is 11.9. The number of hydrogen-bond acceptors (Lipinski definition) is 3. The van der Waals surface area contributed by atoms with E-state index < -0.39 is 0 Å². The SMILES string of the molecule is Cn1cc(C(=O)NCCCn2ccnn2)c2ccccc21. The van der Waals surface area contributed by atoms with Crippen LogP contribution in [-0.4, -0.2) is 32.0 Å². The minimum atomic E-state index is -0.0367. The summed E-state index contributed by atoms with van der Waals surface area (Å²) in [6, 6.07) is 7.91. The molecule has 6 nitrogen and oxygen atoms in total. The van der Waals surface area contributed by atoms with Gasteiger partial charge in [-0.15, -0.1) is 5.10 Å². The Morgan fingerprint density at radius 3 is 3.00 bits per heavy atom. The molecule has 0 spiro atoms. The van der Waals surface area contributed by atoms with Crippen LogP contribution in [0.15, 0.2) is 42.9 Å². The van der Waals surface area contributed by atoms with Crippen molar-refractivity contribution in [3.8, 4) is 0 Å². The van der Waals surface area contributed by atoms with Gasteiger partial charge in [-0.25, -0.2) is 0 Å². The fourth-order valence-corrected chi connectivity index (χ4v) is 2.41. The van der Waals surface area contributed by atoms with Crippen LogP contribution in [0.25, 0.3) is 10.9 Å². The third-order valence-electron chi connectivity index (χ3n) is 3.46. The van der Waals surface area contributed by atoms with Crippen molar-refractivity contribution in [2.45, 2.75) is 13.0 Å². The second-order valence-corrected chi connectivity index (χ2v) is 4.95. The van der Waals surface area contributed by atoms with Gasteiger partial charge in [0.15, 0.2) is 0 Å². The van der Waals surface area contributed by atoms with Gasteiger partial charge in [0.1, 0.15) is 0 Å². The van der Waals surface area contributed by atoms with E-state index in [1.54, 1.807) is 10.9 Å². The third-order valence-corrected chi connectivity index (χ3v) is 3.46. The lowest BCUT2D eigenvalue weighted by atomic mass is 10.1. The summed E-state index contributed by atoms with van der Waals surface area (Å²) in [6.07, 6.45) is 6.15. The zero-order chi connectivity index (χ0) is 14.7. The van der Waals surface area contributed by atoms with Crippen molar-refractivity contribution in [2.75, 3.05) is 6.54 Å². The number of nitrogens with one attached hydrogen (secondary N) is 1. The molecule has 2 heterocycles. The predicted octanol–water partition coefficient (Wildman–Crippen LogP) is 1.59. The van der Waals surface area contributed by atoms with Crippen molar-refractivity contribution in [2.24, 2.45) is 7.05 Å². The van der Waals surface area contributed by atoms with Crippen molar-refractivity contribution >= 4 is 16.8 Å². The zero-order valence-electron chi connectivity index (χ0n) is 11.9. The molecule has 0 bridgehead atoms. The van der Waals surface area contributed by atoms with Crippen molar-refractivity contribution < 1.29 is 4.79 Å². The van der Waals surface area contributed by atoms with E-state index in [1.165, 1.54) is 0 Å². The van der Waals surface area contributed by atoms with Crippen molar-refractivity contribution in [1.29, 1.82) is 0 Å². The van der Waals surface area contributed by atoms with E-state index in [-0.39, 0.29) is 5.91 Å². The number of nitrogens with zero attached hydrogens (tertiary/aromatic N) is 4. The predicted molar refractivity (Wildman–Crippen MR) is 79.9 cm³/mol. The maximum atomic E-state index is 12.3. The molecule has 2 aromatic heterocycles. The Morgan fingerprint density at radius 1 is 1.33 bits per heavy atom. The Hall–Kier alpha value is -2.63. The first kappa shape index (κ1) is 13.4. The summed E-state index contributed by atoms with van der Waals surface area (Å²) in [4.78, 5) is 12.3. The number of carbonyl (C=O) groups is 1. The second kappa shape index (κ2) is 5.78. The molecule has 0 saturated heterocycles. The average molecular weight is 283 g/mol. The van der Waals surface area contributed by atoms with E-state index in [0.717, 1.165) is 23.9 Å². The van der Waals surface area contributed by atoms with Gasteiger partial charge in [0.25, 0.3) is 5.91 Å². The second-order valence-electron chi connectivity index (χ2n) is 4.95. The van der Waals surface area contributed by atoms with Crippen LogP contribution in [0.2, 0.25) is 0 Å². The van der Waals surface area contributed by atoms with Crippen LogP contribution in [0.4, 0.5) is 0 Å². The molecule has 0 aliphatic carbocycles. The van der Waals surface area contributed by atoms with Gasteiger partial charge < -0.3 is 9.88 Å². The number of fused-ring (bicyclic) bond motifs is 1. The first-order valence-corrected chi connectivity index (χ1v) is 6.92. The number of aryl methyl sites for hydroxylation is 2. The van der Waals surface area contributed by atoms with Crippen molar-refractivity contribution in [3.63, 3.8) is 0 Å². The van der Waals surface area contributed by atoms with Gasteiger partial charge in [-0.2, -0.15) is 0 Å². The molecular formula is C15H17N5O. The lowest BCUT2D eigenvalue weighted by Crippen LogP contribution is -2.25. The Morgan fingerprint density at radius 2 is 2.19 bits per heavy atom. The Kier molecular flexibility index (Phi) is 3.68. The monoisotopic (exact) mass is 283 g/mol. The molecule has 108 valence electrons. The maximum absolute atomic E-state index is 12.3. The number of benzene rings is 1. The van der Waals surface area contributed by atoms with Crippen LogP contribution in [-0.2, 0) is 13.6 Å². The fraction of sp³-hybridized carbons (Fsp3) is 0.267. The smallest absolute Gasteiger partial charge is 0.253 e. The van der Waals surface area contributed by atoms with Crippen molar-refractivity contribution in [3.05, 3.63) is 48.4 Å². The molecule has 0 atom stereocenters. The number of rotatable bonds is 5. The van der Waals surface area contributed by atoms with E-state index in [4.69, 9.17) is 0 Å². The van der Waals surface area contributed by atoms with Crippen molar-refractivity contribution in [1.82, 2.24) is 24.9 Å². The lowest BCUT2D eigenvalue weighted by Gasteiger charge is -2.04. The largest absolute Gasteiger partial charge is 0.352 e. The number of hydrogen-bond donors (Lipinski definition) is 1. The molecule has 6 heteroatoms. The van der Waals surface area contributed by atoms with Crippen LogP contribution in [0.5, 0.6) is 0 Å². The van der Waals surface area contributed by atoms with Crippen LogP contribution in [0.3, 0.4) is 0 Å². The molecule has 0 aliphatic rings. The quantitative estimate of drug-likeness (QED) is 0.723. The highest BCUT2D eigenvalue weighted by atomic mass is 16.1. The topological polar surface area (TPSA) is 64.7 Å². The Labute approximate surface area is 122 Å². The number of amides is 1. The van der Waals surface area contributed by atoms with Crippen LogP contribution in [0, 0.1) is 0 Å². The first-order chi connectivity index (χ1) is 10.3. The van der Waals surface area contributed by atoms with Gasteiger partial charge in [0, 0.05) is 43.4 Å². The van der Waals surface area contributed by atoms with Crippen LogP contribution >= 0.6 is 0 Å². The molecule has 1 amide bonds. The van der Waals surface area contributed by atoms with Gasteiger partial charge in [0.2, 0.25) is 0 Å². The van der Waals surface area contributed by atoms with Crippen LogP contribution < -0.4 is 5.32 Å². The summed E-state index contributed by atoms with van der Waals surface area (Å²) in [5.74, 6) is -0.0367. The van der Waals surface area contributed by atoms with E-state index in [2.05, 4.69) is 15.6 Å². The number of para-hydroxylation sites is 1. The Balaban J connectivity index is 1.62. The fourth-order valence-electron chi connectivity index (χ4n) is 2.41. The summed E-state index contributed by atoms with van der Waals surface area (Å²) < 4.78 is 3.73. The van der Waals surface area contributed by atoms with Gasteiger partial charge in [-0.05, 0) is 12.5 Å². The first-order valence-electron chi connectivity index (χ1n) is 6.92.